The summed E-state index contributed by atoms with van der Waals surface area (Å²) in [5.74, 6) is 0.310. The largest absolute Gasteiger partial charge is 0.427 e. The van der Waals surface area contributed by atoms with E-state index in [1.165, 1.54) is 12.5 Å². The molecule has 2 nitrogen and oxygen atoms in total. The number of carbonyl (C=O) groups is 1. The number of hydrogen-bond acceptors (Lipinski definition) is 2. The van der Waals surface area contributed by atoms with Crippen LogP contribution in [0.4, 0.5) is 0 Å². The molecule has 13 heavy (non-hydrogen) atoms. The van der Waals surface area contributed by atoms with Gasteiger partial charge in [-0.25, -0.2) is 0 Å². The molecule has 0 N–H and O–H groups in total. The van der Waals surface area contributed by atoms with Gasteiger partial charge >= 0.3 is 5.97 Å². The predicted molar refractivity (Wildman–Crippen MR) is 51.4 cm³/mol. The molecule has 0 amide bonds. The van der Waals surface area contributed by atoms with E-state index in [1.807, 2.05) is 12.1 Å². The summed E-state index contributed by atoms with van der Waals surface area (Å²) in [5.41, 5.74) is 1.21. The van der Waals surface area contributed by atoms with Crippen molar-refractivity contribution in [2.24, 2.45) is 0 Å². The molecule has 0 heterocycles. The molecular formula is C11H13O2. The van der Waals surface area contributed by atoms with Crippen molar-refractivity contribution < 1.29 is 9.53 Å². The molecule has 69 valence electrons. The molecule has 0 aromatic heterocycles. The first-order valence-electron chi connectivity index (χ1n) is 4.29. The fourth-order valence-corrected chi connectivity index (χ4v) is 1.09. The summed E-state index contributed by atoms with van der Waals surface area (Å²) in [7, 11) is 0. The third-order valence-corrected chi connectivity index (χ3v) is 1.65. The Balaban J connectivity index is 2.64. The normalized spacial score (nSPS) is 9.69. The topological polar surface area (TPSA) is 26.3 Å². The molecule has 0 aliphatic rings. The van der Waals surface area contributed by atoms with Gasteiger partial charge in [0.15, 0.2) is 0 Å². The second-order valence-corrected chi connectivity index (χ2v) is 2.84. The highest BCUT2D eigenvalue weighted by Crippen LogP contribution is 2.13. The van der Waals surface area contributed by atoms with E-state index in [0.29, 0.717) is 5.75 Å². The summed E-state index contributed by atoms with van der Waals surface area (Å²) in [4.78, 5) is 10.6. The Hall–Kier alpha value is -1.31. The Morgan fingerprint density at radius 2 is 2.00 bits per heavy atom. The van der Waals surface area contributed by atoms with E-state index in [-0.39, 0.29) is 5.97 Å². The molecule has 2 heteroatoms. The lowest BCUT2D eigenvalue weighted by Crippen LogP contribution is -2.01. The highest BCUT2D eigenvalue weighted by Gasteiger charge is 1.97. The fraction of sp³-hybridized carbons (Fsp3) is 0.273. The van der Waals surface area contributed by atoms with Gasteiger partial charge in [-0.05, 0) is 30.5 Å². The van der Waals surface area contributed by atoms with Crippen molar-refractivity contribution in [1.82, 2.24) is 0 Å². The van der Waals surface area contributed by atoms with Gasteiger partial charge in [0, 0.05) is 6.92 Å². The maximum Gasteiger partial charge on any atom is 0.308 e. The Bertz CT molecular complexity index is 275. The molecule has 1 aromatic rings. The average molecular weight is 177 g/mol. The number of aryl methyl sites for hydroxylation is 1. The van der Waals surface area contributed by atoms with E-state index in [4.69, 9.17) is 4.74 Å². The summed E-state index contributed by atoms with van der Waals surface area (Å²) in [6.07, 6.45) is 1.84. The van der Waals surface area contributed by atoms with E-state index >= 15 is 0 Å². The SMILES string of the molecule is [CH2]CCc1ccc(OC(C)=O)cc1. The second kappa shape index (κ2) is 4.65. The van der Waals surface area contributed by atoms with Crippen molar-refractivity contribution in [3.05, 3.63) is 36.8 Å². The first-order valence-corrected chi connectivity index (χ1v) is 4.29. The Labute approximate surface area is 78.5 Å². The number of carbonyl (C=O) groups excluding carboxylic acids is 1. The zero-order valence-corrected chi connectivity index (χ0v) is 7.75. The van der Waals surface area contributed by atoms with Crippen molar-refractivity contribution in [2.75, 3.05) is 0 Å². The monoisotopic (exact) mass is 177 g/mol. The standard InChI is InChI=1S/C11H13O2/c1-3-4-10-5-7-11(8-6-10)13-9(2)12/h5-8H,1,3-4H2,2H3. The maximum absolute atomic E-state index is 10.6. The van der Waals surface area contributed by atoms with E-state index in [9.17, 15) is 4.79 Å². The molecule has 0 aliphatic carbocycles. The van der Waals surface area contributed by atoms with Crippen LogP contribution in [0.1, 0.15) is 18.9 Å². The number of esters is 1. The molecule has 1 radical (unpaired) electrons. The fourth-order valence-electron chi connectivity index (χ4n) is 1.09. The first-order chi connectivity index (χ1) is 6.22. The minimum absolute atomic E-state index is 0.287. The van der Waals surface area contributed by atoms with Gasteiger partial charge in [0.25, 0.3) is 0 Å². The lowest BCUT2D eigenvalue weighted by atomic mass is 10.1. The van der Waals surface area contributed by atoms with Crippen molar-refractivity contribution in [1.29, 1.82) is 0 Å². The summed E-state index contributed by atoms with van der Waals surface area (Å²) in [5, 5.41) is 0. The van der Waals surface area contributed by atoms with Crippen LogP contribution in [-0.4, -0.2) is 5.97 Å². The third-order valence-electron chi connectivity index (χ3n) is 1.65. The summed E-state index contributed by atoms with van der Waals surface area (Å²) in [6, 6.07) is 7.49. The summed E-state index contributed by atoms with van der Waals surface area (Å²) in [6.45, 7) is 5.16. The average Bonchev–Trinajstić information content (AvgIpc) is 2.08. The van der Waals surface area contributed by atoms with Crippen molar-refractivity contribution in [3.8, 4) is 5.75 Å². The molecule has 0 saturated heterocycles. The molecule has 0 saturated carbocycles. The number of rotatable bonds is 3. The maximum atomic E-state index is 10.6. The number of benzene rings is 1. The summed E-state index contributed by atoms with van der Waals surface area (Å²) >= 11 is 0. The molecule has 1 rings (SSSR count). The van der Waals surface area contributed by atoms with Gasteiger partial charge in [0.2, 0.25) is 0 Å². The third kappa shape index (κ3) is 3.28. The van der Waals surface area contributed by atoms with Crippen LogP contribution < -0.4 is 4.74 Å². The van der Waals surface area contributed by atoms with E-state index in [0.717, 1.165) is 12.8 Å². The van der Waals surface area contributed by atoms with Gasteiger partial charge < -0.3 is 4.74 Å². The molecular weight excluding hydrogens is 164 g/mol. The first kappa shape index (κ1) is 9.78. The molecule has 0 unspecified atom stereocenters. The van der Waals surface area contributed by atoms with Gasteiger partial charge in [-0.15, -0.1) is 0 Å². The lowest BCUT2D eigenvalue weighted by molar-refractivity contribution is -0.131. The van der Waals surface area contributed by atoms with Crippen molar-refractivity contribution >= 4 is 5.97 Å². The zero-order valence-electron chi connectivity index (χ0n) is 7.75. The Morgan fingerprint density at radius 1 is 1.38 bits per heavy atom. The van der Waals surface area contributed by atoms with Crippen molar-refractivity contribution in [2.45, 2.75) is 19.8 Å². The molecule has 0 fully saturated rings. The van der Waals surface area contributed by atoms with Gasteiger partial charge in [0.1, 0.15) is 5.75 Å². The molecule has 0 atom stereocenters. The van der Waals surface area contributed by atoms with Crippen LogP contribution in [0.2, 0.25) is 0 Å². The lowest BCUT2D eigenvalue weighted by Gasteiger charge is -2.02. The van der Waals surface area contributed by atoms with Crippen LogP contribution >= 0.6 is 0 Å². The number of ether oxygens (including phenoxy) is 1. The Morgan fingerprint density at radius 3 is 2.46 bits per heavy atom. The van der Waals surface area contributed by atoms with Crippen LogP contribution in [0.5, 0.6) is 5.75 Å². The van der Waals surface area contributed by atoms with Crippen LogP contribution in [-0.2, 0) is 11.2 Å². The minimum Gasteiger partial charge on any atom is -0.427 e. The van der Waals surface area contributed by atoms with E-state index in [1.54, 1.807) is 12.1 Å². The van der Waals surface area contributed by atoms with Gasteiger partial charge in [-0.3, -0.25) is 4.79 Å². The smallest absolute Gasteiger partial charge is 0.308 e. The number of hydrogen-bond donors (Lipinski definition) is 0. The summed E-state index contributed by atoms with van der Waals surface area (Å²) < 4.78 is 4.89. The van der Waals surface area contributed by atoms with Crippen LogP contribution in [0.25, 0.3) is 0 Å². The zero-order chi connectivity index (χ0) is 9.68. The van der Waals surface area contributed by atoms with Crippen LogP contribution in [0.3, 0.4) is 0 Å². The quantitative estimate of drug-likeness (QED) is 0.523. The van der Waals surface area contributed by atoms with Gasteiger partial charge in [-0.2, -0.15) is 0 Å². The van der Waals surface area contributed by atoms with Gasteiger partial charge in [0.05, 0.1) is 0 Å². The van der Waals surface area contributed by atoms with Crippen LogP contribution in [0.15, 0.2) is 24.3 Å². The van der Waals surface area contributed by atoms with E-state index < -0.39 is 0 Å². The Kier molecular flexibility index (Phi) is 3.50. The highest BCUT2D eigenvalue weighted by atomic mass is 16.5. The minimum atomic E-state index is -0.287. The van der Waals surface area contributed by atoms with Crippen LogP contribution in [0, 0.1) is 6.92 Å². The molecule has 0 aliphatic heterocycles. The molecule has 0 spiro atoms. The molecule has 0 bridgehead atoms. The predicted octanol–water partition coefficient (Wildman–Crippen LogP) is 2.38. The highest BCUT2D eigenvalue weighted by molar-refractivity contribution is 5.69. The second-order valence-electron chi connectivity index (χ2n) is 2.84. The van der Waals surface area contributed by atoms with E-state index in [2.05, 4.69) is 6.92 Å². The molecule has 1 aromatic carbocycles. The van der Waals surface area contributed by atoms with Gasteiger partial charge in [-0.1, -0.05) is 19.1 Å². The van der Waals surface area contributed by atoms with Crippen molar-refractivity contribution in [3.63, 3.8) is 0 Å².